The van der Waals surface area contributed by atoms with E-state index in [0.29, 0.717) is 18.7 Å². The minimum Gasteiger partial charge on any atom is -0.379 e. The van der Waals surface area contributed by atoms with Crippen molar-refractivity contribution in [3.8, 4) is 0 Å². The van der Waals surface area contributed by atoms with Crippen LogP contribution in [0.1, 0.15) is 12.0 Å². The van der Waals surface area contributed by atoms with Crippen LogP contribution in [0.4, 0.5) is 0 Å². The molecule has 1 atom stereocenters. The Morgan fingerprint density at radius 3 is 2.81 bits per heavy atom. The van der Waals surface area contributed by atoms with E-state index in [1.54, 1.807) is 23.7 Å². The second kappa shape index (κ2) is 5.70. The number of hydrogen-bond acceptors (Lipinski definition) is 3. The van der Waals surface area contributed by atoms with Crippen LogP contribution in [0.3, 0.4) is 0 Å². The third-order valence-corrected chi connectivity index (χ3v) is 5.21. The van der Waals surface area contributed by atoms with Crippen molar-refractivity contribution in [2.75, 3.05) is 18.6 Å². The molecule has 0 radical (unpaired) electrons. The molecule has 21 heavy (non-hydrogen) atoms. The first-order valence-corrected chi connectivity index (χ1v) is 8.28. The zero-order valence-corrected chi connectivity index (χ0v) is 12.9. The molecule has 2 aromatic rings. The summed E-state index contributed by atoms with van der Waals surface area (Å²) < 4.78 is 0. The quantitative estimate of drug-likeness (QED) is 0.947. The standard InChI is InChI=1S/C17H19NO2S/c1-18(16(19)17(20)9-10-21-12-17)11-14-7-4-6-13-5-2-3-8-15(13)14/h2-8,20H,9-12H2,1H3. The molecule has 3 rings (SSSR count). The molecule has 1 aliphatic rings. The third kappa shape index (κ3) is 2.78. The van der Waals surface area contributed by atoms with E-state index in [2.05, 4.69) is 18.2 Å². The van der Waals surface area contributed by atoms with Gasteiger partial charge in [-0.1, -0.05) is 42.5 Å². The Labute approximate surface area is 129 Å². The predicted molar refractivity (Wildman–Crippen MR) is 87.3 cm³/mol. The highest BCUT2D eigenvalue weighted by atomic mass is 32.2. The van der Waals surface area contributed by atoms with E-state index >= 15 is 0 Å². The van der Waals surface area contributed by atoms with Crippen molar-refractivity contribution in [3.63, 3.8) is 0 Å². The fourth-order valence-electron chi connectivity index (χ4n) is 2.84. The Balaban J connectivity index is 1.83. The first-order valence-electron chi connectivity index (χ1n) is 7.12. The van der Waals surface area contributed by atoms with E-state index in [4.69, 9.17) is 0 Å². The van der Waals surface area contributed by atoms with Gasteiger partial charge in [-0.3, -0.25) is 4.79 Å². The molecule has 4 heteroatoms. The average Bonchev–Trinajstić information content (AvgIpc) is 2.95. The Morgan fingerprint density at radius 2 is 2.05 bits per heavy atom. The number of rotatable bonds is 3. The van der Waals surface area contributed by atoms with Crippen molar-refractivity contribution < 1.29 is 9.90 Å². The van der Waals surface area contributed by atoms with Crippen LogP contribution in [0.2, 0.25) is 0 Å². The fourth-order valence-corrected chi connectivity index (χ4v) is 4.07. The molecule has 2 aromatic carbocycles. The molecule has 1 amide bonds. The Morgan fingerprint density at radius 1 is 1.29 bits per heavy atom. The first kappa shape index (κ1) is 14.4. The maximum Gasteiger partial charge on any atom is 0.255 e. The maximum absolute atomic E-state index is 12.5. The molecular formula is C17H19NO2S. The number of thioether (sulfide) groups is 1. The van der Waals surface area contributed by atoms with E-state index in [0.717, 1.165) is 16.7 Å². The summed E-state index contributed by atoms with van der Waals surface area (Å²) in [6, 6.07) is 14.3. The van der Waals surface area contributed by atoms with Crippen LogP contribution < -0.4 is 0 Å². The van der Waals surface area contributed by atoms with Crippen LogP contribution in [0.5, 0.6) is 0 Å². The van der Waals surface area contributed by atoms with Gasteiger partial charge in [0.2, 0.25) is 0 Å². The molecule has 1 saturated heterocycles. The summed E-state index contributed by atoms with van der Waals surface area (Å²) in [5, 5.41) is 12.7. The average molecular weight is 301 g/mol. The number of benzene rings is 2. The van der Waals surface area contributed by atoms with Crippen LogP contribution in [0, 0.1) is 0 Å². The molecule has 0 spiro atoms. The molecule has 1 unspecified atom stereocenters. The van der Waals surface area contributed by atoms with E-state index in [-0.39, 0.29) is 5.91 Å². The summed E-state index contributed by atoms with van der Waals surface area (Å²) in [5.41, 5.74) is -0.0671. The highest BCUT2D eigenvalue weighted by molar-refractivity contribution is 7.99. The van der Waals surface area contributed by atoms with Crippen molar-refractivity contribution in [1.29, 1.82) is 0 Å². The Kier molecular flexibility index (Phi) is 3.91. The summed E-state index contributed by atoms with van der Waals surface area (Å²) in [6.45, 7) is 0.521. The number of nitrogens with zero attached hydrogens (tertiary/aromatic N) is 1. The van der Waals surface area contributed by atoms with Gasteiger partial charge in [-0.2, -0.15) is 11.8 Å². The smallest absolute Gasteiger partial charge is 0.255 e. The largest absolute Gasteiger partial charge is 0.379 e. The molecule has 0 saturated carbocycles. The van der Waals surface area contributed by atoms with Crippen molar-refractivity contribution in [3.05, 3.63) is 48.0 Å². The molecule has 3 nitrogen and oxygen atoms in total. The Bertz CT molecular complexity index is 659. The molecular weight excluding hydrogens is 282 g/mol. The summed E-state index contributed by atoms with van der Waals surface area (Å²) in [6.07, 6.45) is 0.552. The molecule has 110 valence electrons. The molecule has 0 bridgehead atoms. The van der Waals surface area contributed by atoms with Gasteiger partial charge in [0.05, 0.1) is 0 Å². The normalized spacial score (nSPS) is 21.6. The van der Waals surface area contributed by atoms with Crippen LogP contribution >= 0.6 is 11.8 Å². The van der Waals surface area contributed by atoms with Gasteiger partial charge in [0, 0.05) is 19.3 Å². The third-order valence-electron chi connectivity index (χ3n) is 4.03. The zero-order chi connectivity index (χ0) is 14.9. The van der Waals surface area contributed by atoms with Crippen molar-refractivity contribution in [1.82, 2.24) is 4.90 Å². The van der Waals surface area contributed by atoms with Crippen molar-refractivity contribution in [2.45, 2.75) is 18.6 Å². The van der Waals surface area contributed by atoms with Crippen LogP contribution in [0.15, 0.2) is 42.5 Å². The van der Waals surface area contributed by atoms with E-state index in [9.17, 15) is 9.90 Å². The lowest BCUT2D eigenvalue weighted by Crippen LogP contribution is -2.47. The van der Waals surface area contributed by atoms with Gasteiger partial charge in [0.25, 0.3) is 5.91 Å². The molecule has 1 fully saturated rings. The van der Waals surface area contributed by atoms with Crippen LogP contribution in [0.25, 0.3) is 10.8 Å². The number of carbonyl (C=O) groups excluding carboxylic acids is 1. The minimum absolute atomic E-state index is 0.166. The number of carbonyl (C=O) groups is 1. The molecule has 0 aromatic heterocycles. The number of likely N-dealkylation sites (N-methyl/N-ethyl adjacent to an activating group) is 1. The molecule has 1 N–H and O–H groups in total. The van der Waals surface area contributed by atoms with Gasteiger partial charge >= 0.3 is 0 Å². The van der Waals surface area contributed by atoms with Crippen LogP contribution in [-0.4, -0.2) is 40.1 Å². The van der Waals surface area contributed by atoms with E-state index in [1.807, 2.05) is 24.3 Å². The number of aliphatic hydroxyl groups is 1. The number of fused-ring (bicyclic) bond motifs is 1. The van der Waals surface area contributed by atoms with Gasteiger partial charge in [-0.15, -0.1) is 0 Å². The topological polar surface area (TPSA) is 40.5 Å². The second-order valence-corrected chi connectivity index (χ2v) is 6.74. The maximum atomic E-state index is 12.5. The summed E-state index contributed by atoms with van der Waals surface area (Å²) in [4.78, 5) is 14.1. The van der Waals surface area contributed by atoms with Crippen molar-refractivity contribution >= 4 is 28.4 Å². The highest BCUT2D eigenvalue weighted by Gasteiger charge is 2.41. The SMILES string of the molecule is CN(Cc1cccc2ccccc12)C(=O)C1(O)CCSC1. The zero-order valence-electron chi connectivity index (χ0n) is 12.1. The fraction of sp³-hybridized carbons (Fsp3) is 0.353. The lowest BCUT2D eigenvalue weighted by molar-refractivity contribution is -0.147. The van der Waals surface area contributed by atoms with Gasteiger partial charge in [0.1, 0.15) is 0 Å². The first-order chi connectivity index (χ1) is 10.1. The molecule has 1 aliphatic heterocycles. The van der Waals surface area contributed by atoms with Crippen molar-refractivity contribution in [2.24, 2.45) is 0 Å². The molecule has 0 aliphatic carbocycles. The van der Waals surface area contributed by atoms with Gasteiger partial charge < -0.3 is 10.0 Å². The monoisotopic (exact) mass is 301 g/mol. The summed E-state index contributed by atoms with van der Waals surface area (Å²) >= 11 is 1.64. The van der Waals surface area contributed by atoms with Crippen LogP contribution in [-0.2, 0) is 11.3 Å². The second-order valence-electron chi connectivity index (χ2n) is 5.63. The van der Waals surface area contributed by atoms with E-state index < -0.39 is 5.60 Å². The molecule has 1 heterocycles. The van der Waals surface area contributed by atoms with E-state index in [1.165, 1.54) is 5.39 Å². The summed E-state index contributed by atoms with van der Waals surface area (Å²) in [7, 11) is 1.77. The van der Waals surface area contributed by atoms with Gasteiger partial charge in [-0.25, -0.2) is 0 Å². The lowest BCUT2D eigenvalue weighted by Gasteiger charge is -2.27. The number of amides is 1. The minimum atomic E-state index is -1.18. The highest BCUT2D eigenvalue weighted by Crippen LogP contribution is 2.30. The Hall–Kier alpha value is -1.52. The van der Waals surface area contributed by atoms with Gasteiger partial charge in [-0.05, 0) is 28.5 Å². The summed E-state index contributed by atoms with van der Waals surface area (Å²) in [5.74, 6) is 1.19. The predicted octanol–water partition coefficient (Wildman–Crippen LogP) is 2.67. The number of hydrogen-bond donors (Lipinski definition) is 1. The lowest BCUT2D eigenvalue weighted by atomic mass is 10.0. The van der Waals surface area contributed by atoms with Gasteiger partial charge in [0.15, 0.2) is 5.60 Å².